The summed E-state index contributed by atoms with van der Waals surface area (Å²) >= 11 is 6.22. The second-order valence-corrected chi connectivity index (χ2v) is 7.79. The fraction of sp³-hybridized carbons (Fsp3) is 0.706. The van der Waals surface area contributed by atoms with Gasteiger partial charge < -0.3 is 24.2 Å². The van der Waals surface area contributed by atoms with Gasteiger partial charge in [0.1, 0.15) is 16.6 Å². The summed E-state index contributed by atoms with van der Waals surface area (Å²) in [6.07, 6.45) is -0.271. The Kier molecular flexibility index (Phi) is 5.72. The van der Waals surface area contributed by atoms with Gasteiger partial charge in [0, 0.05) is 45.3 Å². The van der Waals surface area contributed by atoms with Gasteiger partial charge in [-0.3, -0.25) is 0 Å². The second kappa shape index (κ2) is 7.84. The third-order valence-corrected chi connectivity index (χ3v) is 4.41. The molecule has 0 saturated carbocycles. The van der Waals surface area contributed by atoms with E-state index in [9.17, 15) is 4.79 Å². The normalized spacial score (nSPS) is 18.8. The molecule has 0 N–H and O–H groups in total. The first-order chi connectivity index (χ1) is 12.3. The molecule has 1 amide bonds. The molecule has 0 aliphatic carbocycles. The summed E-state index contributed by atoms with van der Waals surface area (Å²) in [7, 11) is 0. The molecule has 144 valence electrons. The molecule has 0 aromatic carbocycles. The predicted molar refractivity (Wildman–Crippen MR) is 100 cm³/mol. The Morgan fingerprint density at radius 1 is 1.08 bits per heavy atom. The highest BCUT2D eigenvalue weighted by atomic mass is 35.5. The number of aromatic nitrogens is 2. The first-order valence-corrected chi connectivity index (χ1v) is 9.30. The molecule has 26 heavy (non-hydrogen) atoms. The van der Waals surface area contributed by atoms with Crippen LogP contribution in [0, 0.1) is 0 Å². The molecule has 2 saturated heterocycles. The molecule has 0 bridgehead atoms. The lowest BCUT2D eigenvalue weighted by Gasteiger charge is -2.36. The molecule has 0 radical (unpaired) electrons. The monoisotopic (exact) mass is 383 g/mol. The fourth-order valence-corrected chi connectivity index (χ4v) is 3.08. The lowest BCUT2D eigenvalue weighted by Crippen LogP contribution is -2.50. The molecular weight excluding hydrogens is 358 g/mol. The minimum Gasteiger partial charge on any atom is -0.444 e. The van der Waals surface area contributed by atoms with Crippen LogP contribution < -0.4 is 9.80 Å². The molecule has 0 spiro atoms. The van der Waals surface area contributed by atoms with E-state index >= 15 is 0 Å². The Morgan fingerprint density at radius 2 is 1.73 bits per heavy atom. The third kappa shape index (κ3) is 4.88. The Bertz CT molecular complexity index is 638. The van der Waals surface area contributed by atoms with Gasteiger partial charge in [0.25, 0.3) is 0 Å². The van der Waals surface area contributed by atoms with E-state index in [1.165, 1.54) is 0 Å². The van der Waals surface area contributed by atoms with E-state index < -0.39 is 5.60 Å². The number of anilines is 2. The maximum atomic E-state index is 12.2. The van der Waals surface area contributed by atoms with Gasteiger partial charge in [0.15, 0.2) is 0 Å². The lowest BCUT2D eigenvalue weighted by molar-refractivity contribution is 0.0240. The number of halogens is 1. The number of hydrogen-bond donors (Lipinski definition) is 0. The zero-order valence-electron chi connectivity index (χ0n) is 15.6. The van der Waals surface area contributed by atoms with Crippen molar-refractivity contribution < 1.29 is 14.3 Å². The van der Waals surface area contributed by atoms with E-state index in [0.29, 0.717) is 50.5 Å². The van der Waals surface area contributed by atoms with E-state index in [2.05, 4.69) is 19.8 Å². The number of piperazine rings is 1. The van der Waals surface area contributed by atoms with Gasteiger partial charge in [-0.2, -0.15) is 4.98 Å². The first-order valence-electron chi connectivity index (χ1n) is 8.92. The molecule has 3 heterocycles. The smallest absolute Gasteiger partial charge is 0.410 e. The molecule has 0 atom stereocenters. The Labute approximate surface area is 159 Å². The first kappa shape index (κ1) is 19.0. The SMILES string of the molecule is CC(C)(C)OC(=O)N1CCN(c2cc(Cl)nc(N3CCOCC3)n2)CC1. The lowest BCUT2D eigenvalue weighted by atomic mass is 10.2. The fourth-order valence-electron chi connectivity index (χ4n) is 2.91. The average Bonchev–Trinajstić information content (AvgIpc) is 2.61. The molecular formula is C17H26ClN5O3. The van der Waals surface area contributed by atoms with Crippen LogP contribution in [0.3, 0.4) is 0 Å². The molecule has 1 aromatic rings. The molecule has 2 aliphatic heterocycles. The maximum Gasteiger partial charge on any atom is 0.410 e. The zero-order chi connectivity index (χ0) is 18.7. The topological polar surface area (TPSA) is 71.0 Å². The van der Waals surface area contributed by atoms with Crippen molar-refractivity contribution in [1.29, 1.82) is 0 Å². The number of hydrogen-bond acceptors (Lipinski definition) is 7. The quantitative estimate of drug-likeness (QED) is 0.723. The van der Waals surface area contributed by atoms with Crippen molar-refractivity contribution in [3.8, 4) is 0 Å². The Hall–Kier alpha value is -1.80. The Balaban J connectivity index is 1.64. The van der Waals surface area contributed by atoms with Gasteiger partial charge in [-0.05, 0) is 20.8 Å². The van der Waals surface area contributed by atoms with E-state index in [1.807, 2.05) is 20.8 Å². The van der Waals surface area contributed by atoms with E-state index in [4.69, 9.17) is 21.1 Å². The van der Waals surface area contributed by atoms with E-state index in [0.717, 1.165) is 18.9 Å². The summed E-state index contributed by atoms with van der Waals surface area (Å²) in [6, 6.07) is 1.77. The van der Waals surface area contributed by atoms with Gasteiger partial charge in [-0.15, -0.1) is 0 Å². The van der Waals surface area contributed by atoms with Gasteiger partial charge in [0.2, 0.25) is 5.95 Å². The van der Waals surface area contributed by atoms with Crippen LogP contribution in [0.2, 0.25) is 5.15 Å². The highest BCUT2D eigenvalue weighted by Gasteiger charge is 2.27. The van der Waals surface area contributed by atoms with Crippen LogP contribution in [0.4, 0.5) is 16.6 Å². The van der Waals surface area contributed by atoms with Gasteiger partial charge in [-0.25, -0.2) is 9.78 Å². The number of carbonyl (C=O) groups excluding carboxylic acids is 1. The van der Waals surface area contributed by atoms with Crippen LogP contribution in [-0.4, -0.2) is 79.0 Å². The van der Waals surface area contributed by atoms with Gasteiger partial charge in [0.05, 0.1) is 13.2 Å². The van der Waals surface area contributed by atoms with Crippen molar-refractivity contribution >= 4 is 29.5 Å². The zero-order valence-corrected chi connectivity index (χ0v) is 16.3. The minimum absolute atomic E-state index is 0.271. The van der Waals surface area contributed by atoms with Crippen molar-refractivity contribution in [2.75, 3.05) is 62.3 Å². The van der Waals surface area contributed by atoms with Crippen molar-refractivity contribution in [3.05, 3.63) is 11.2 Å². The number of amides is 1. The summed E-state index contributed by atoms with van der Waals surface area (Å²) < 4.78 is 10.8. The maximum absolute atomic E-state index is 12.2. The van der Waals surface area contributed by atoms with Crippen LogP contribution in [0.1, 0.15) is 20.8 Å². The van der Waals surface area contributed by atoms with Crippen LogP contribution in [0.15, 0.2) is 6.07 Å². The van der Waals surface area contributed by atoms with Crippen molar-refractivity contribution in [2.24, 2.45) is 0 Å². The number of nitrogens with zero attached hydrogens (tertiary/aromatic N) is 5. The van der Waals surface area contributed by atoms with Crippen molar-refractivity contribution in [2.45, 2.75) is 26.4 Å². The largest absolute Gasteiger partial charge is 0.444 e. The number of rotatable bonds is 2. The van der Waals surface area contributed by atoms with E-state index in [-0.39, 0.29) is 6.09 Å². The highest BCUT2D eigenvalue weighted by Crippen LogP contribution is 2.22. The number of morpholine rings is 1. The molecule has 1 aromatic heterocycles. The number of carbonyl (C=O) groups is 1. The summed E-state index contributed by atoms with van der Waals surface area (Å²) in [4.78, 5) is 27.1. The molecule has 3 rings (SSSR count). The van der Waals surface area contributed by atoms with Gasteiger partial charge in [-0.1, -0.05) is 11.6 Å². The molecule has 8 nitrogen and oxygen atoms in total. The van der Waals surface area contributed by atoms with E-state index in [1.54, 1.807) is 11.0 Å². The Morgan fingerprint density at radius 3 is 2.35 bits per heavy atom. The van der Waals surface area contributed by atoms with Gasteiger partial charge >= 0.3 is 6.09 Å². The van der Waals surface area contributed by atoms with Crippen LogP contribution >= 0.6 is 11.6 Å². The molecule has 2 fully saturated rings. The van der Waals surface area contributed by atoms with Crippen molar-refractivity contribution in [3.63, 3.8) is 0 Å². The minimum atomic E-state index is -0.485. The molecule has 0 unspecified atom stereocenters. The van der Waals surface area contributed by atoms with Crippen LogP contribution in [0.5, 0.6) is 0 Å². The average molecular weight is 384 g/mol. The summed E-state index contributed by atoms with van der Waals surface area (Å²) in [5, 5.41) is 0.422. The summed E-state index contributed by atoms with van der Waals surface area (Å²) in [6.45, 7) is 11.0. The van der Waals surface area contributed by atoms with Crippen LogP contribution in [0.25, 0.3) is 0 Å². The molecule has 9 heteroatoms. The predicted octanol–water partition coefficient (Wildman–Crippen LogP) is 2.02. The highest BCUT2D eigenvalue weighted by molar-refractivity contribution is 6.29. The standard InChI is InChI=1S/C17H26ClN5O3/c1-17(2,3)26-16(24)23-6-4-21(5-7-23)14-12-13(18)19-15(20-14)22-8-10-25-11-9-22/h12H,4-11H2,1-3H3. The summed E-state index contributed by atoms with van der Waals surface area (Å²) in [5.41, 5.74) is -0.485. The third-order valence-electron chi connectivity index (χ3n) is 4.22. The van der Waals surface area contributed by atoms with Crippen LogP contribution in [-0.2, 0) is 9.47 Å². The summed E-state index contributed by atoms with van der Waals surface area (Å²) in [5.74, 6) is 1.42. The molecule has 2 aliphatic rings. The number of ether oxygens (including phenoxy) is 2. The van der Waals surface area contributed by atoms with Crippen molar-refractivity contribution in [1.82, 2.24) is 14.9 Å². The second-order valence-electron chi connectivity index (χ2n) is 7.40.